The Morgan fingerprint density at radius 1 is 1.33 bits per heavy atom. The third-order valence-corrected chi connectivity index (χ3v) is 4.07. The van der Waals surface area contributed by atoms with E-state index in [-0.39, 0.29) is 24.0 Å². The topological polar surface area (TPSA) is 101 Å². The number of hydrogen-bond acceptors (Lipinski definition) is 5. The minimum atomic E-state index is -0.340. The molecule has 3 aromatic rings. The number of aliphatic hydroxyl groups is 1. The molecular formula is C17H18N4O3. The monoisotopic (exact) mass is 326 g/mol. The number of hydrogen-bond donors (Lipinski definition) is 2. The highest BCUT2D eigenvalue weighted by atomic mass is 16.3. The Hall–Kier alpha value is -2.80. The molecule has 0 aliphatic heterocycles. The molecule has 7 nitrogen and oxygen atoms in total. The van der Waals surface area contributed by atoms with E-state index in [1.165, 1.54) is 6.92 Å². The van der Waals surface area contributed by atoms with Crippen LogP contribution in [0.2, 0.25) is 0 Å². The fourth-order valence-corrected chi connectivity index (χ4v) is 2.74. The van der Waals surface area contributed by atoms with Crippen LogP contribution >= 0.6 is 0 Å². The molecule has 0 spiro atoms. The molecule has 0 aliphatic rings. The van der Waals surface area contributed by atoms with Crippen LogP contribution in [0.3, 0.4) is 0 Å². The number of aryl methyl sites for hydroxylation is 1. The Labute approximate surface area is 138 Å². The second kappa shape index (κ2) is 6.01. The Morgan fingerprint density at radius 3 is 2.58 bits per heavy atom. The van der Waals surface area contributed by atoms with Gasteiger partial charge in [0.05, 0.1) is 12.6 Å². The maximum absolute atomic E-state index is 12.2. The fourth-order valence-electron chi connectivity index (χ4n) is 2.74. The smallest absolute Gasteiger partial charge is 0.262 e. The molecular weight excluding hydrogens is 308 g/mol. The highest BCUT2D eigenvalue weighted by molar-refractivity contribution is 5.94. The quantitative estimate of drug-likeness (QED) is 0.711. The number of aromatic nitrogens is 4. The molecule has 2 heterocycles. The van der Waals surface area contributed by atoms with Gasteiger partial charge in [-0.05, 0) is 26.3 Å². The van der Waals surface area contributed by atoms with Crippen LogP contribution in [0, 0.1) is 6.92 Å². The number of nitrogens with zero attached hydrogens (tertiary/aromatic N) is 3. The van der Waals surface area contributed by atoms with E-state index in [0.717, 1.165) is 5.56 Å². The number of nitrogens with one attached hydrogen (secondary N) is 1. The molecule has 0 aliphatic carbocycles. The van der Waals surface area contributed by atoms with Gasteiger partial charge in [0, 0.05) is 5.56 Å². The van der Waals surface area contributed by atoms with Crippen molar-refractivity contribution in [3.8, 4) is 0 Å². The van der Waals surface area contributed by atoms with Crippen LogP contribution in [0.4, 0.5) is 0 Å². The minimum Gasteiger partial charge on any atom is -0.390 e. The van der Waals surface area contributed by atoms with Crippen LogP contribution in [-0.4, -0.2) is 30.6 Å². The molecule has 24 heavy (non-hydrogen) atoms. The zero-order chi connectivity index (χ0) is 17.4. The van der Waals surface area contributed by atoms with Crippen molar-refractivity contribution in [2.45, 2.75) is 33.4 Å². The molecule has 124 valence electrons. The Kier molecular flexibility index (Phi) is 4.02. The molecule has 0 radical (unpaired) electrons. The van der Waals surface area contributed by atoms with Crippen molar-refractivity contribution in [2.24, 2.45) is 0 Å². The normalized spacial score (nSPS) is 12.5. The third-order valence-electron chi connectivity index (χ3n) is 4.07. The molecule has 3 rings (SSSR count). The number of aliphatic hydroxyl groups excluding tert-OH is 1. The summed E-state index contributed by atoms with van der Waals surface area (Å²) in [4.78, 5) is 30.6. The van der Waals surface area contributed by atoms with Crippen LogP contribution in [0.15, 0.2) is 29.1 Å². The van der Waals surface area contributed by atoms with Gasteiger partial charge in [-0.2, -0.15) is 5.10 Å². The number of carbonyl (C=O) groups excluding carboxylic acids is 1. The van der Waals surface area contributed by atoms with Gasteiger partial charge in [0.2, 0.25) is 0 Å². The predicted molar refractivity (Wildman–Crippen MR) is 89.1 cm³/mol. The number of H-pyrrole nitrogens is 1. The maximum Gasteiger partial charge on any atom is 0.262 e. The van der Waals surface area contributed by atoms with Crippen LogP contribution < -0.4 is 5.56 Å². The van der Waals surface area contributed by atoms with E-state index in [2.05, 4.69) is 15.1 Å². The Balaban J connectivity index is 2.14. The fraction of sp³-hybridized carbons (Fsp3) is 0.294. The van der Waals surface area contributed by atoms with Gasteiger partial charge in [0.15, 0.2) is 11.4 Å². The van der Waals surface area contributed by atoms with Crippen molar-refractivity contribution in [1.82, 2.24) is 19.7 Å². The summed E-state index contributed by atoms with van der Waals surface area (Å²) in [6, 6.07) is 7.03. The van der Waals surface area contributed by atoms with Crippen molar-refractivity contribution < 1.29 is 9.90 Å². The number of rotatable bonds is 4. The summed E-state index contributed by atoms with van der Waals surface area (Å²) in [5, 5.41) is 14.2. The van der Waals surface area contributed by atoms with E-state index in [9.17, 15) is 14.7 Å². The first-order valence-electron chi connectivity index (χ1n) is 7.62. The van der Waals surface area contributed by atoms with Crippen molar-refractivity contribution >= 4 is 16.8 Å². The zero-order valence-electron chi connectivity index (χ0n) is 13.7. The van der Waals surface area contributed by atoms with E-state index in [1.807, 2.05) is 19.1 Å². The van der Waals surface area contributed by atoms with Gasteiger partial charge in [-0.25, -0.2) is 9.67 Å². The SMILES string of the molecule is CC(=O)c1ccc(C(C)n2nc(CO)c3c(=O)[nH]c(C)nc32)cc1. The van der Waals surface area contributed by atoms with Crippen molar-refractivity contribution in [3.05, 3.63) is 57.3 Å². The van der Waals surface area contributed by atoms with Crippen LogP contribution in [0.5, 0.6) is 0 Å². The zero-order valence-corrected chi connectivity index (χ0v) is 13.7. The van der Waals surface area contributed by atoms with Crippen molar-refractivity contribution in [1.29, 1.82) is 0 Å². The first kappa shape index (κ1) is 16.1. The summed E-state index contributed by atoms with van der Waals surface area (Å²) in [7, 11) is 0. The first-order chi connectivity index (χ1) is 11.4. The van der Waals surface area contributed by atoms with Gasteiger partial charge in [0.25, 0.3) is 5.56 Å². The molecule has 7 heteroatoms. The lowest BCUT2D eigenvalue weighted by Gasteiger charge is -2.14. The van der Waals surface area contributed by atoms with Gasteiger partial charge >= 0.3 is 0 Å². The van der Waals surface area contributed by atoms with Crippen LogP contribution in [0.25, 0.3) is 11.0 Å². The van der Waals surface area contributed by atoms with E-state index in [4.69, 9.17) is 0 Å². The summed E-state index contributed by atoms with van der Waals surface area (Å²) >= 11 is 0. The lowest BCUT2D eigenvalue weighted by atomic mass is 10.0. The number of aromatic amines is 1. The lowest BCUT2D eigenvalue weighted by Crippen LogP contribution is -2.13. The van der Waals surface area contributed by atoms with E-state index < -0.39 is 0 Å². The summed E-state index contributed by atoms with van der Waals surface area (Å²) in [5.74, 6) is 0.488. The van der Waals surface area contributed by atoms with Crippen molar-refractivity contribution in [3.63, 3.8) is 0 Å². The highest BCUT2D eigenvalue weighted by Gasteiger charge is 2.20. The average molecular weight is 326 g/mol. The number of ketones is 1. The number of carbonyl (C=O) groups is 1. The largest absolute Gasteiger partial charge is 0.390 e. The molecule has 0 fully saturated rings. The Morgan fingerprint density at radius 2 is 2.00 bits per heavy atom. The molecule has 0 saturated heterocycles. The number of fused-ring (bicyclic) bond motifs is 1. The van der Waals surface area contributed by atoms with E-state index in [0.29, 0.717) is 28.1 Å². The molecule has 1 atom stereocenters. The molecule has 0 saturated carbocycles. The highest BCUT2D eigenvalue weighted by Crippen LogP contribution is 2.23. The van der Waals surface area contributed by atoms with Crippen molar-refractivity contribution in [2.75, 3.05) is 0 Å². The maximum atomic E-state index is 12.2. The van der Waals surface area contributed by atoms with Gasteiger partial charge in [-0.15, -0.1) is 0 Å². The standard InChI is InChI=1S/C17H18N4O3/c1-9(12-4-6-13(7-5-12)10(2)23)21-16-15(14(8-22)20-21)17(24)19-11(3)18-16/h4-7,9,22H,8H2,1-3H3,(H,18,19,24). The second-order valence-corrected chi connectivity index (χ2v) is 5.75. The van der Waals surface area contributed by atoms with E-state index in [1.54, 1.807) is 23.7 Å². The summed E-state index contributed by atoms with van der Waals surface area (Å²) in [6.45, 7) is 4.80. The molecule has 2 N–H and O–H groups in total. The average Bonchev–Trinajstić information content (AvgIpc) is 2.93. The Bertz CT molecular complexity index is 970. The predicted octanol–water partition coefficient (Wildman–Crippen LogP) is 1.73. The minimum absolute atomic E-state index is 0.00475. The van der Waals surface area contributed by atoms with Gasteiger partial charge < -0.3 is 10.1 Å². The molecule has 1 aromatic carbocycles. The van der Waals surface area contributed by atoms with E-state index >= 15 is 0 Å². The second-order valence-electron chi connectivity index (χ2n) is 5.75. The lowest BCUT2D eigenvalue weighted by molar-refractivity contribution is 0.101. The number of benzene rings is 1. The number of Topliss-reactive ketones (excluding diaryl/α,β-unsaturated/α-hetero) is 1. The van der Waals surface area contributed by atoms with Gasteiger partial charge in [-0.1, -0.05) is 24.3 Å². The summed E-state index contributed by atoms with van der Waals surface area (Å²) in [6.07, 6.45) is 0. The van der Waals surface area contributed by atoms with Gasteiger partial charge in [-0.3, -0.25) is 9.59 Å². The molecule has 0 bridgehead atoms. The third kappa shape index (κ3) is 2.63. The summed E-state index contributed by atoms with van der Waals surface area (Å²) in [5.41, 5.74) is 1.98. The van der Waals surface area contributed by atoms with Gasteiger partial charge in [0.1, 0.15) is 16.9 Å². The molecule has 1 unspecified atom stereocenters. The van der Waals surface area contributed by atoms with Crippen LogP contribution in [0.1, 0.15) is 47.3 Å². The first-order valence-corrected chi connectivity index (χ1v) is 7.62. The van der Waals surface area contributed by atoms with Crippen LogP contribution in [-0.2, 0) is 6.61 Å². The molecule has 2 aromatic heterocycles. The molecule has 0 amide bonds. The summed E-state index contributed by atoms with van der Waals surface area (Å²) < 4.78 is 1.63.